The summed E-state index contributed by atoms with van der Waals surface area (Å²) in [4.78, 5) is 8.75. The van der Waals surface area contributed by atoms with E-state index in [0.29, 0.717) is 17.4 Å². The molecule has 0 radical (unpaired) electrons. The predicted molar refractivity (Wildman–Crippen MR) is 86.7 cm³/mol. The van der Waals surface area contributed by atoms with Crippen molar-refractivity contribution < 1.29 is 23.0 Å². The number of halogens is 3. The molecule has 1 atom stereocenters. The Kier molecular flexibility index (Phi) is 4.22. The predicted octanol–water partition coefficient (Wildman–Crippen LogP) is 4.44. The number of aromatic nitrogens is 3. The Hall–Kier alpha value is -2.51. The summed E-state index contributed by atoms with van der Waals surface area (Å²) in [6.45, 7) is 3.88. The first-order valence-electron chi connectivity index (χ1n) is 7.83. The highest BCUT2D eigenvalue weighted by Crippen LogP contribution is 2.38. The fraction of sp³-hybridized carbons (Fsp3) is 0.412. The first-order chi connectivity index (χ1) is 11.7. The first kappa shape index (κ1) is 17.3. The zero-order chi connectivity index (χ0) is 18.4. The highest BCUT2D eigenvalue weighted by Gasteiger charge is 2.36. The lowest BCUT2D eigenvalue weighted by Crippen LogP contribution is -2.18. The van der Waals surface area contributed by atoms with E-state index in [0.717, 1.165) is 17.7 Å². The van der Waals surface area contributed by atoms with E-state index in [1.165, 1.54) is 7.11 Å². The van der Waals surface area contributed by atoms with Gasteiger partial charge in [0.15, 0.2) is 5.65 Å². The van der Waals surface area contributed by atoms with Crippen molar-refractivity contribution >= 4 is 11.2 Å². The summed E-state index contributed by atoms with van der Waals surface area (Å²) < 4.78 is 45.5. The molecule has 0 saturated heterocycles. The van der Waals surface area contributed by atoms with Crippen molar-refractivity contribution in [2.45, 2.75) is 38.4 Å². The number of rotatable bonds is 3. The van der Waals surface area contributed by atoms with Crippen molar-refractivity contribution in [3.05, 3.63) is 41.4 Å². The second kappa shape index (κ2) is 6.09. The Labute approximate surface area is 142 Å². The fourth-order valence-corrected chi connectivity index (χ4v) is 3.00. The molecule has 0 fully saturated rings. The minimum atomic E-state index is -4.48. The lowest BCUT2D eigenvalue weighted by molar-refractivity contribution is -0.0890. The Morgan fingerprint density at radius 1 is 1.28 bits per heavy atom. The van der Waals surface area contributed by atoms with E-state index in [4.69, 9.17) is 4.74 Å². The topological polar surface area (TPSA) is 60.2 Å². The van der Waals surface area contributed by atoms with Gasteiger partial charge in [0.1, 0.15) is 11.6 Å². The number of nitrogens with zero attached hydrogens (tertiary/aromatic N) is 3. The van der Waals surface area contributed by atoms with E-state index in [9.17, 15) is 18.3 Å². The molecule has 1 unspecified atom stereocenters. The number of imidazole rings is 1. The lowest BCUT2D eigenvalue weighted by Gasteiger charge is -2.23. The molecular weight excluding hydrogens is 335 g/mol. The smallest absolute Gasteiger partial charge is 0.416 e. The maximum absolute atomic E-state index is 12.8. The lowest BCUT2D eigenvalue weighted by atomic mass is 9.93. The molecule has 0 amide bonds. The van der Waals surface area contributed by atoms with Crippen molar-refractivity contribution in [1.29, 1.82) is 0 Å². The van der Waals surface area contributed by atoms with Gasteiger partial charge in [-0.25, -0.2) is 4.98 Å². The minimum absolute atomic E-state index is 0.00372. The van der Waals surface area contributed by atoms with Crippen molar-refractivity contribution in [1.82, 2.24) is 14.5 Å². The molecule has 0 bridgehead atoms. The average molecular weight is 353 g/mol. The van der Waals surface area contributed by atoms with Crippen LogP contribution in [0, 0.1) is 0 Å². The van der Waals surface area contributed by atoms with E-state index >= 15 is 0 Å². The summed E-state index contributed by atoms with van der Waals surface area (Å²) >= 11 is 0. The molecule has 2 aromatic rings. The molecule has 0 aromatic carbocycles. The van der Waals surface area contributed by atoms with Gasteiger partial charge < -0.3 is 14.4 Å². The first-order valence-corrected chi connectivity index (χ1v) is 7.83. The molecule has 8 heteroatoms. The average Bonchev–Trinajstić information content (AvgIpc) is 2.91. The monoisotopic (exact) mass is 353 g/mol. The summed E-state index contributed by atoms with van der Waals surface area (Å²) in [7, 11) is 1.49. The summed E-state index contributed by atoms with van der Waals surface area (Å²) in [5.74, 6) is -0.111. The van der Waals surface area contributed by atoms with E-state index in [1.54, 1.807) is 12.1 Å². The van der Waals surface area contributed by atoms with Gasteiger partial charge in [-0.15, -0.1) is 0 Å². The number of fused-ring (bicyclic) bond motifs is 1. The summed E-state index contributed by atoms with van der Waals surface area (Å²) in [6, 6.07) is 3.50. The van der Waals surface area contributed by atoms with Crippen LogP contribution in [0.4, 0.5) is 13.2 Å². The second-order valence-corrected chi connectivity index (χ2v) is 6.14. The van der Waals surface area contributed by atoms with Gasteiger partial charge in [-0.3, -0.25) is 0 Å². The number of allylic oxidation sites excluding steroid dienone is 4. The molecule has 2 heterocycles. The maximum atomic E-state index is 12.8. The Morgan fingerprint density at radius 2 is 2.00 bits per heavy atom. The van der Waals surface area contributed by atoms with Crippen molar-refractivity contribution in [3.63, 3.8) is 0 Å². The highest BCUT2D eigenvalue weighted by molar-refractivity contribution is 5.73. The number of alkyl halides is 3. The highest BCUT2D eigenvalue weighted by atomic mass is 19.4. The van der Waals surface area contributed by atoms with Gasteiger partial charge in [-0.1, -0.05) is 6.08 Å². The van der Waals surface area contributed by atoms with Crippen LogP contribution in [0.1, 0.15) is 38.1 Å². The molecule has 5 nitrogen and oxygen atoms in total. The van der Waals surface area contributed by atoms with Gasteiger partial charge in [0, 0.05) is 12.1 Å². The number of aliphatic hydroxyl groups is 1. The number of ether oxygens (including phenoxy) is 1. The van der Waals surface area contributed by atoms with Crippen molar-refractivity contribution in [2.75, 3.05) is 7.11 Å². The maximum Gasteiger partial charge on any atom is 0.416 e. The third-order valence-electron chi connectivity index (χ3n) is 4.15. The molecule has 1 N–H and O–H groups in total. The van der Waals surface area contributed by atoms with Gasteiger partial charge in [0.2, 0.25) is 5.88 Å². The van der Waals surface area contributed by atoms with Gasteiger partial charge in [0.25, 0.3) is 0 Å². The van der Waals surface area contributed by atoms with Crippen LogP contribution in [0.2, 0.25) is 0 Å². The molecule has 1 aliphatic rings. The van der Waals surface area contributed by atoms with E-state index in [-0.39, 0.29) is 18.2 Å². The fourth-order valence-electron chi connectivity index (χ4n) is 3.00. The molecule has 1 aliphatic carbocycles. The number of hydrogen-bond acceptors (Lipinski definition) is 4. The Morgan fingerprint density at radius 3 is 2.56 bits per heavy atom. The standard InChI is InChI=1S/C17H18F3N3O2/c1-9(2)23-12-6-7-14(25-3)21-15(12)22-16(23)11-5-4-10(8-13(11)24)17(18,19)20/h4,6-9,11,24H,5H2,1-3H3. The Balaban J connectivity index is 2.09. The van der Waals surface area contributed by atoms with Gasteiger partial charge >= 0.3 is 6.18 Å². The molecule has 0 aliphatic heterocycles. The summed E-state index contributed by atoms with van der Waals surface area (Å²) in [5, 5.41) is 10.2. The van der Waals surface area contributed by atoms with Crippen LogP contribution in [0.15, 0.2) is 35.6 Å². The molecule has 134 valence electrons. The van der Waals surface area contributed by atoms with Gasteiger partial charge in [-0.2, -0.15) is 18.2 Å². The zero-order valence-electron chi connectivity index (χ0n) is 14.0. The third-order valence-corrected chi connectivity index (χ3v) is 4.15. The molecule has 25 heavy (non-hydrogen) atoms. The third kappa shape index (κ3) is 3.08. The van der Waals surface area contributed by atoms with Crippen molar-refractivity contribution in [3.8, 4) is 5.88 Å². The van der Waals surface area contributed by atoms with Gasteiger partial charge in [0.05, 0.1) is 24.1 Å². The number of aliphatic hydroxyl groups excluding tert-OH is 1. The number of hydrogen-bond donors (Lipinski definition) is 1. The van der Waals surface area contributed by atoms with Crippen LogP contribution in [0.25, 0.3) is 11.2 Å². The molecular formula is C17H18F3N3O2. The van der Waals surface area contributed by atoms with Crippen molar-refractivity contribution in [2.24, 2.45) is 0 Å². The van der Waals surface area contributed by atoms with Crippen LogP contribution in [0.3, 0.4) is 0 Å². The largest absolute Gasteiger partial charge is 0.512 e. The van der Waals surface area contributed by atoms with Crippen LogP contribution in [0.5, 0.6) is 5.88 Å². The second-order valence-electron chi connectivity index (χ2n) is 6.14. The van der Waals surface area contributed by atoms with Gasteiger partial charge in [-0.05, 0) is 32.4 Å². The zero-order valence-corrected chi connectivity index (χ0v) is 14.0. The molecule has 0 spiro atoms. The van der Waals surface area contributed by atoms with Crippen LogP contribution < -0.4 is 4.74 Å². The SMILES string of the molecule is COc1ccc2c(n1)nc(C1CC=C(C(F)(F)F)C=C1O)n2C(C)C. The minimum Gasteiger partial charge on any atom is -0.512 e. The van der Waals surface area contributed by atoms with E-state index < -0.39 is 17.7 Å². The molecule has 3 rings (SSSR count). The van der Waals surface area contributed by atoms with Crippen LogP contribution in [-0.4, -0.2) is 32.9 Å². The summed E-state index contributed by atoms with van der Waals surface area (Å²) in [5.41, 5.74) is 0.332. The quantitative estimate of drug-likeness (QED) is 0.886. The Bertz CT molecular complexity index is 866. The van der Waals surface area contributed by atoms with E-state index in [1.807, 2.05) is 18.4 Å². The van der Waals surface area contributed by atoms with E-state index in [2.05, 4.69) is 9.97 Å². The number of methoxy groups -OCH3 is 1. The molecule has 0 saturated carbocycles. The number of pyridine rings is 1. The molecule has 2 aromatic heterocycles. The van der Waals surface area contributed by atoms with Crippen LogP contribution in [-0.2, 0) is 0 Å². The summed E-state index contributed by atoms with van der Waals surface area (Å²) in [6.07, 6.45) is -2.61. The van der Waals surface area contributed by atoms with Crippen LogP contribution >= 0.6 is 0 Å². The normalized spacial score (nSPS) is 18.4.